The van der Waals surface area contributed by atoms with Crippen LogP contribution in [-0.2, 0) is 11.2 Å². The average Bonchev–Trinajstić information content (AvgIpc) is 2.75. The molecule has 0 saturated heterocycles. The van der Waals surface area contributed by atoms with E-state index in [1.807, 2.05) is 19.1 Å². The normalized spacial score (nSPS) is 10.6. The van der Waals surface area contributed by atoms with Crippen molar-refractivity contribution < 1.29 is 14.6 Å². The smallest absolute Gasteiger partial charge is 0.303 e. The molecule has 90 valence electrons. The van der Waals surface area contributed by atoms with E-state index in [4.69, 9.17) is 9.84 Å². The number of benzene rings is 1. The predicted octanol–water partition coefficient (Wildman–Crippen LogP) is 2.71. The van der Waals surface area contributed by atoms with Crippen LogP contribution in [-0.4, -0.2) is 22.7 Å². The molecule has 5 heteroatoms. The molecule has 0 aliphatic carbocycles. The van der Waals surface area contributed by atoms with Gasteiger partial charge in [0.15, 0.2) is 0 Å². The highest BCUT2D eigenvalue weighted by Gasteiger charge is 2.12. The van der Waals surface area contributed by atoms with Gasteiger partial charge in [0.2, 0.25) is 0 Å². The van der Waals surface area contributed by atoms with Crippen molar-refractivity contribution in [2.75, 3.05) is 6.61 Å². The lowest BCUT2D eigenvalue weighted by Gasteiger charge is -2.09. The minimum atomic E-state index is -0.806. The number of carbonyl (C=O) groups is 1. The van der Waals surface area contributed by atoms with Gasteiger partial charge in [0, 0.05) is 12.0 Å². The Labute approximate surface area is 103 Å². The molecule has 1 aromatic carbocycles. The first kappa shape index (κ1) is 11.9. The second-order valence-corrected chi connectivity index (χ2v) is 4.45. The van der Waals surface area contributed by atoms with Crippen LogP contribution in [0.1, 0.15) is 18.9 Å². The molecule has 0 aliphatic heterocycles. The molecular formula is C12H13NO3S. The highest BCUT2D eigenvalue weighted by molar-refractivity contribution is 7.16. The first-order valence-electron chi connectivity index (χ1n) is 5.42. The van der Waals surface area contributed by atoms with Crippen molar-refractivity contribution in [1.29, 1.82) is 0 Å². The SMILES string of the molecule is CCOc1ccc2scnc2c1CCC(=O)O. The molecule has 1 N–H and O–H groups in total. The Hall–Kier alpha value is -1.62. The maximum absolute atomic E-state index is 10.7. The summed E-state index contributed by atoms with van der Waals surface area (Å²) in [6, 6.07) is 3.85. The van der Waals surface area contributed by atoms with Crippen molar-refractivity contribution in [3.8, 4) is 5.75 Å². The van der Waals surface area contributed by atoms with Crippen LogP contribution in [0.25, 0.3) is 10.2 Å². The fraction of sp³-hybridized carbons (Fsp3) is 0.333. The number of aliphatic carboxylic acids is 1. The van der Waals surface area contributed by atoms with Crippen LogP contribution < -0.4 is 4.74 Å². The number of hydrogen-bond acceptors (Lipinski definition) is 4. The summed E-state index contributed by atoms with van der Waals surface area (Å²) < 4.78 is 6.58. The number of carboxylic acid groups (broad SMARTS) is 1. The van der Waals surface area contributed by atoms with Gasteiger partial charge in [-0.05, 0) is 25.5 Å². The van der Waals surface area contributed by atoms with E-state index in [-0.39, 0.29) is 6.42 Å². The van der Waals surface area contributed by atoms with Gasteiger partial charge >= 0.3 is 5.97 Å². The van der Waals surface area contributed by atoms with E-state index < -0.39 is 5.97 Å². The summed E-state index contributed by atoms with van der Waals surface area (Å²) in [5.41, 5.74) is 3.53. The molecule has 0 amide bonds. The van der Waals surface area contributed by atoms with Gasteiger partial charge in [-0.2, -0.15) is 0 Å². The molecule has 0 aliphatic rings. The fourth-order valence-corrected chi connectivity index (χ4v) is 2.44. The monoisotopic (exact) mass is 251 g/mol. The first-order chi connectivity index (χ1) is 8.22. The fourth-order valence-electron chi connectivity index (χ4n) is 1.73. The summed E-state index contributed by atoms with van der Waals surface area (Å²) in [6.07, 6.45) is 0.544. The summed E-state index contributed by atoms with van der Waals surface area (Å²) in [6.45, 7) is 2.47. The van der Waals surface area contributed by atoms with Crippen LogP contribution in [0, 0.1) is 0 Å². The van der Waals surface area contributed by atoms with Crippen molar-refractivity contribution in [3.63, 3.8) is 0 Å². The Morgan fingerprint density at radius 2 is 2.35 bits per heavy atom. The molecule has 0 radical (unpaired) electrons. The summed E-state index contributed by atoms with van der Waals surface area (Å²) in [4.78, 5) is 14.9. The molecule has 17 heavy (non-hydrogen) atoms. The molecule has 1 aromatic heterocycles. The Bertz CT molecular complexity index is 536. The zero-order chi connectivity index (χ0) is 12.3. The molecule has 0 saturated carbocycles. The van der Waals surface area contributed by atoms with E-state index in [0.29, 0.717) is 13.0 Å². The van der Waals surface area contributed by atoms with E-state index in [1.165, 1.54) is 0 Å². The molecule has 2 aromatic rings. The second-order valence-electron chi connectivity index (χ2n) is 3.57. The molecule has 4 nitrogen and oxygen atoms in total. The number of fused-ring (bicyclic) bond motifs is 1. The minimum absolute atomic E-state index is 0.0940. The van der Waals surface area contributed by atoms with Crippen molar-refractivity contribution in [3.05, 3.63) is 23.2 Å². The zero-order valence-electron chi connectivity index (χ0n) is 9.47. The maximum Gasteiger partial charge on any atom is 0.303 e. The summed E-state index contributed by atoms with van der Waals surface area (Å²) >= 11 is 1.55. The van der Waals surface area contributed by atoms with Crippen LogP contribution in [0.15, 0.2) is 17.6 Å². The van der Waals surface area contributed by atoms with Crippen LogP contribution in [0.3, 0.4) is 0 Å². The Balaban J connectivity index is 2.41. The minimum Gasteiger partial charge on any atom is -0.494 e. The molecule has 0 bridgehead atoms. The average molecular weight is 251 g/mol. The van der Waals surface area contributed by atoms with Crippen LogP contribution in [0.5, 0.6) is 5.75 Å². The number of aryl methyl sites for hydroxylation is 1. The first-order valence-corrected chi connectivity index (χ1v) is 6.30. The lowest BCUT2D eigenvalue weighted by molar-refractivity contribution is -0.136. The highest BCUT2D eigenvalue weighted by Crippen LogP contribution is 2.30. The quantitative estimate of drug-likeness (QED) is 0.887. The highest BCUT2D eigenvalue weighted by atomic mass is 32.1. The standard InChI is InChI=1S/C12H13NO3S/c1-2-16-9-4-5-10-12(13-7-17-10)8(9)3-6-11(14)15/h4-5,7H,2-3,6H2,1H3,(H,14,15). The lowest BCUT2D eigenvalue weighted by Crippen LogP contribution is -2.02. The van der Waals surface area contributed by atoms with Gasteiger partial charge < -0.3 is 9.84 Å². The van der Waals surface area contributed by atoms with Crippen LogP contribution in [0.4, 0.5) is 0 Å². The number of nitrogens with zero attached hydrogens (tertiary/aromatic N) is 1. The van der Waals surface area contributed by atoms with Crippen molar-refractivity contribution in [2.24, 2.45) is 0 Å². The van der Waals surface area contributed by atoms with E-state index in [2.05, 4.69) is 4.98 Å². The Morgan fingerprint density at radius 1 is 1.53 bits per heavy atom. The van der Waals surface area contributed by atoms with E-state index >= 15 is 0 Å². The largest absolute Gasteiger partial charge is 0.494 e. The number of hydrogen-bond donors (Lipinski definition) is 1. The van der Waals surface area contributed by atoms with Gasteiger partial charge in [0.25, 0.3) is 0 Å². The molecule has 0 fully saturated rings. The number of rotatable bonds is 5. The van der Waals surface area contributed by atoms with Crippen LogP contribution >= 0.6 is 11.3 Å². The topological polar surface area (TPSA) is 59.4 Å². The molecule has 0 spiro atoms. The van der Waals surface area contributed by atoms with E-state index in [1.54, 1.807) is 16.8 Å². The van der Waals surface area contributed by atoms with Crippen molar-refractivity contribution >= 4 is 27.5 Å². The number of carboxylic acids is 1. The van der Waals surface area contributed by atoms with Gasteiger partial charge in [0.05, 0.1) is 22.3 Å². The molecule has 0 atom stereocenters. The predicted molar refractivity (Wildman–Crippen MR) is 66.7 cm³/mol. The number of thiazole rings is 1. The van der Waals surface area contributed by atoms with Crippen molar-refractivity contribution in [1.82, 2.24) is 4.98 Å². The van der Waals surface area contributed by atoms with E-state index in [9.17, 15) is 4.79 Å². The molecule has 1 heterocycles. The van der Waals surface area contributed by atoms with Crippen molar-refractivity contribution in [2.45, 2.75) is 19.8 Å². The number of aromatic nitrogens is 1. The van der Waals surface area contributed by atoms with Gasteiger partial charge in [-0.15, -0.1) is 11.3 Å². The second kappa shape index (κ2) is 5.14. The summed E-state index contributed by atoms with van der Waals surface area (Å²) in [5.74, 6) is -0.0631. The third-order valence-corrected chi connectivity index (χ3v) is 3.25. The summed E-state index contributed by atoms with van der Waals surface area (Å²) in [7, 11) is 0. The Kier molecular flexibility index (Phi) is 3.58. The Morgan fingerprint density at radius 3 is 3.06 bits per heavy atom. The molecule has 2 rings (SSSR count). The van der Waals surface area contributed by atoms with Gasteiger partial charge in [-0.25, -0.2) is 4.98 Å². The summed E-state index contributed by atoms with van der Waals surface area (Å²) in [5, 5.41) is 8.76. The molecule has 0 unspecified atom stereocenters. The van der Waals surface area contributed by atoms with Gasteiger partial charge in [0.1, 0.15) is 5.75 Å². The molecular weight excluding hydrogens is 238 g/mol. The third kappa shape index (κ3) is 2.55. The van der Waals surface area contributed by atoms with E-state index in [0.717, 1.165) is 21.5 Å². The number of ether oxygens (including phenoxy) is 1. The zero-order valence-corrected chi connectivity index (χ0v) is 10.3. The van der Waals surface area contributed by atoms with Gasteiger partial charge in [-0.1, -0.05) is 0 Å². The third-order valence-electron chi connectivity index (χ3n) is 2.45. The maximum atomic E-state index is 10.7. The van der Waals surface area contributed by atoms with Gasteiger partial charge in [-0.3, -0.25) is 4.79 Å². The van der Waals surface area contributed by atoms with Crippen LogP contribution in [0.2, 0.25) is 0 Å². The lowest BCUT2D eigenvalue weighted by atomic mass is 10.1.